The molecule has 92 valence electrons. The van der Waals surface area contributed by atoms with Crippen LogP contribution in [0.15, 0.2) is 18.3 Å². The van der Waals surface area contributed by atoms with E-state index in [2.05, 4.69) is 26.4 Å². The first kappa shape index (κ1) is 11.2. The maximum Gasteiger partial charge on any atom is 0.180 e. The lowest BCUT2D eigenvalue weighted by Crippen LogP contribution is -1.98. The molecule has 0 atom stereocenters. The van der Waals surface area contributed by atoms with Crippen molar-refractivity contribution in [1.82, 2.24) is 19.5 Å². The number of rotatable bonds is 2. The minimum Gasteiger partial charge on any atom is -0.375 e. The van der Waals surface area contributed by atoms with Gasteiger partial charge >= 0.3 is 0 Å². The molecular weight excluding hydrogens is 246 g/mol. The first-order valence-electron chi connectivity index (χ1n) is 5.75. The van der Waals surface area contributed by atoms with Crippen LogP contribution in [0.5, 0.6) is 0 Å². The number of nitrogens with two attached hydrogens (primary N) is 1. The molecule has 0 unspecified atom stereocenters. The topological polar surface area (TPSA) is 69.6 Å². The molecule has 3 aromatic rings. The summed E-state index contributed by atoms with van der Waals surface area (Å²) in [6.45, 7) is 4.86. The van der Waals surface area contributed by atoms with Gasteiger partial charge in [-0.2, -0.15) is 0 Å². The van der Waals surface area contributed by atoms with E-state index in [9.17, 15) is 0 Å². The average Bonchev–Trinajstić information content (AvgIpc) is 2.88. The molecular formula is C12H13N5S. The number of hydrogen-bond acceptors (Lipinski definition) is 5. The maximum absolute atomic E-state index is 5.76. The van der Waals surface area contributed by atoms with E-state index in [0.29, 0.717) is 5.13 Å². The maximum atomic E-state index is 5.76. The molecule has 0 amide bonds. The van der Waals surface area contributed by atoms with Gasteiger partial charge in [0.25, 0.3) is 0 Å². The van der Waals surface area contributed by atoms with Crippen LogP contribution in [-0.2, 0) is 6.54 Å². The highest BCUT2D eigenvalue weighted by Gasteiger charge is 2.16. The third-order valence-electron chi connectivity index (χ3n) is 2.84. The molecule has 0 saturated heterocycles. The number of thiazole rings is 1. The Hall–Kier alpha value is -1.95. The van der Waals surface area contributed by atoms with Crippen molar-refractivity contribution in [2.75, 3.05) is 5.73 Å². The van der Waals surface area contributed by atoms with Gasteiger partial charge < -0.3 is 10.3 Å². The Morgan fingerprint density at radius 1 is 1.39 bits per heavy atom. The summed E-state index contributed by atoms with van der Waals surface area (Å²) in [4.78, 5) is 14.3. The van der Waals surface area contributed by atoms with Crippen molar-refractivity contribution < 1.29 is 0 Å². The highest BCUT2D eigenvalue weighted by atomic mass is 32.1. The zero-order valence-corrected chi connectivity index (χ0v) is 11.0. The third kappa shape index (κ3) is 1.57. The Balaban J connectivity index is 2.32. The van der Waals surface area contributed by atoms with Crippen molar-refractivity contribution in [3.05, 3.63) is 24.0 Å². The highest BCUT2D eigenvalue weighted by Crippen LogP contribution is 2.32. The monoisotopic (exact) mass is 259 g/mol. The fourth-order valence-corrected chi connectivity index (χ4v) is 2.89. The van der Waals surface area contributed by atoms with E-state index in [4.69, 9.17) is 5.73 Å². The second kappa shape index (κ2) is 4.06. The van der Waals surface area contributed by atoms with Crippen LogP contribution in [0.25, 0.3) is 21.9 Å². The van der Waals surface area contributed by atoms with E-state index in [0.717, 1.165) is 34.1 Å². The molecule has 0 aliphatic rings. The van der Waals surface area contributed by atoms with Crippen LogP contribution in [-0.4, -0.2) is 19.5 Å². The van der Waals surface area contributed by atoms with Crippen molar-refractivity contribution in [2.45, 2.75) is 20.4 Å². The Bertz CT molecular complexity index is 712. The highest BCUT2D eigenvalue weighted by molar-refractivity contribution is 7.18. The third-order valence-corrected chi connectivity index (χ3v) is 3.82. The number of anilines is 1. The van der Waals surface area contributed by atoms with Crippen LogP contribution in [0.3, 0.4) is 0 Å². The number of aromatic nitrogens is 4. The van der Waals surface area contributed by atoms with E-state index in [-0.39, 0.29) is 0 Å². The molecule has 6 heteroatoms. The van der Waals surface area contributed by atoms with Crippen LogP contribution in [0, 0.1) is 6.92 Å². The van der Waals surface area contributed by atoms with Gasteiger partial charge in [0.15, 0.2) is 16.6 Å². The molecule has 18 heavy (non-hydrogen) atoms. The molecule has 0 radical (unpaired) electrons. The number of nitrogen functional groups attached to an aromatic ring is 1. The van der Waals surface area contributed by atoms with Crippen LogP contribution in [0.1, 0.15) is 12.6 Å². The first-order chi connectivity index (χ1) is 8.70. The van der Waals surface area contributed by atoms with Crippen LogP contribution in [0.2, 0.25) is 0 Å². The van der Waals surface area contributed by atoms with Gasteiger partial charge in [0.05, 0.1) is 10.6 Å². The predicted octanol–water partition coefficient (Wildman–Crippen LogP) is 2.47. The van der Waals surface area contributed by atoms with Gasteiger partial charge in [-0.25, -0.2) is 15.0 Å². The number of imidazole rings is 1. The Morgan fingerprint density at radius 2 is 2.22 bits per heavy atom. The lowest BCUT2D eigenvalue weighted by molar-refractivity contribution is 0.788. The summed E-state index contributed by atoms with van der Waals surface area (Å²) < 4.78 is 2.09. The van der Waals surface area contributed by atoms with Gasteiger partial charge in [0, 0.05) is 12.7 Å². The molecule has 0 bridgehead atoms. The van der Waals surface area contributed by atoms with E-state index in [1.807, 2.05) is 19.1 Å². The molecule has 0 saturated carbocycles. The minimum atomic E-state index is 0.574. The van der Waals surface area contributed by atoms with Crippen molar-refractivity contribution in [3.8, 4) is 10.7 Å². The second-order valence-electron chi connectivity index (χ2n) is 3.99. The molecule has 3 rings (SSSR count). The van der Waals surface area contributed by atoms with Gasteiger partial charge in [-0.05, 0) is 26.0 Å². The smallest absolute Gasteiger partial charge is 0.180 e. The minimum absolute atomic E-state index is 0.574. The zero-order valence-electron chi connectivity index (χ0n) is 10.2. The SMILES string of the molecule is CCn1c(-c2sc(N)nc2C)nc2cccnc21. The lowest BCUT2D eigenvalue weighted by atomic mass is 10.4. The molecule has 0 aliphatic carbocycles. The molecule has 0 aliphatic heterocycles. The molecule has 3 heterocycles. The predicted molar refractivity (Wildman–Crippen MR) is 73.5 cm³/mol. The summed E-state index contributed by atoms with van der Waals surface area (Å²) in [6.07, 6.45) is 1.79. The fraction of sp³-hybridized carbons (Fsp3) is 0.250. The Morgan fingerprint density at radius 3 is 2.89 bits per heavy atom. The summed E-state index contributed by atoms with van der Waals surface area (Å²) in [5, 5.41) is 0.574. The molecule has 0 spiro atoms. The van der Waals surface area contributed by atoms with Crippen LogP contribution in [0.4, 0.5) is 5.13 Å². The fourth-order valence-electron chi connectivity index (χ4n) is 2.06. The van der Waals surface area contributed by atoms with Crippen molar-refractivity contribution >= 4 is 27.6 Å². The van der Waals surface area contributed by atoms with E-state index in [1.54, 1.807) is 6.20 Å². The van der Waals surface area contributed by atoms with Gasteiger partial charge in [0.2, 0.25) is 0 Å². The first-order valence-corrected chi connectivity index (χ1v) is 6.57. The second-order valence-corrected chi connectivity index (χ2v) is 5.02. The van der Waals surface area contributed by atoms with E-state index < -0.39 is 0 Å². The summed E-state index contributed by atoms with van der Waals surface area (Å²) in [7, 11) is 0. The van der Waals surface area contributed by atoms with Crippen LogP contribution < -0.4 is 5.73 Å². The summed E-state index contributed by atoms with van der Waals surface area (Å²) in [5.74, 6) is 0.901. The lowest BCUT2D eigenvalue weighted by Gasteiger charge is -2.03. The summed E-state index contributed by atoms with van der Waals surface area (Å²) in [6, 6.07) is 3.87. The normalized spacial score (nSPS) is 11.2. The summed E-state index contributed by atoms with van der Waals surface area (Å²) in [5.41, 5.74) is 8.48. The molecule has 0 fully saturated rings. The number of pyridine rings is 1. The van der Waals surface area contributed by atoms with E-state index in [1.165, 1.54) is 11.3 Å². The molecule has 3 aromatic heterocycles. The van der Waals surface area contributed by atoms with E-state index >= 15 is 0 Å². The largest absolute Gasteiger partial charge is 0.375 e. The van der Waals surface area contributed by atoms with Gasteiger partial charge in [-0.3, -0.25) is 0 Å². The summed E-state index contributed by atoms with van der Waals surface area (Å²) >= 11 is 1.47. The number of hydrogen-bond donors (Lipinski definition) is 1. The molecule has 0 aromatic carbocycles. The zero-order chi connectivity index (χ0) is 12.7. The van der Waals surface area contributed by atoms with Gasteiger partial charge in [0.1, 0.15) is 5.52 Å². The quantitative estimate of drug-likeness (QED) is 0.767. The molecule has 5 nitrogen and oxygen atoms in total. The van der Waals surface area contributed by atoms with Crippen molar-refractivity contribution in [3.63, 3.8) is 0 Å². The van der Waals surface area contributed by atoms with Crippen molar-refractivity contribution in [1.29, 1.82) is 0 Å². The van der Waals surface area contributed by atoms with Gasteiger partial charge in [-0.15, -0.1) is 0 Å². The Kier molecular flexibility index (Phi) is 2.52. The van der Waals surface area contributed by atoms with Crippen molar-refractivity contribution in [2.24, 2.45) is 0 Å². The molecule has 2 N–H and O–H groups in total. The average molecular weight is 259 g/mol. The van der Waals surface area contributed by atoms with Gasteiger partial charge in [-0.1, -0.05) is 11.3 Å². The number of nitrogens with zero attached hydrogens (tertiary/aromatic N) is 4. The Labute approximate surface area is 108 Å². The standard InChI is InChI=1S/C12H13N5S/c1-3-17-10-8(5-4-6-14-10)16-11(17)9-7(2)15-12(13)18-9/h4-6H,3H2,1-2H3,(H2,13,15). The number of fused-ring (bicyclic) bond motifs is 1. The number of aryl methyl sites for hydroxylation is 2. The van der Waals surface area contributed by atoms with Crippen LogP contribution >= 0.6 is 11.3 Å².